The number of anilines is 1. The number of hydrogen-bond acceptors (Lipinski definition) is 4. The first-order valence-electron chi connectivity index (χ1n) is 7.00. The van der Waals surface area contributed by atoms with Crippen LogP contribution in [-0.4, -0.2) is 26.7 Å². The SMILES string of the molecule is CCn1c(NC(=O)c2cccnc2SC)nc2ccccc21. The summed E-state index contributed by atoms with van der Waals surface area (Å²) in [6, 6.07) is 11.4. The van der Waals surface area contributed by atoms with Gasteiger partial charge < -0.3 is 4.57 Å². The number of aryl methyl sites for hydroxylation is 1. The van der Waals surface area contributed by atoms with Crippen LogP contribution in [0.5, 0.6) is 0 Å². The predicted octanol–water partition coefficient (Wildman–Crippen LogP) is 3.43. The van der Waals surface area contributed by atoms with E-state index in [9.17, 15) is 4.79 Å². The molecule has 0 aliphatic heterocycles. The predicted molar refractivity (Wildman–Crippen MR) is 89.4 cm³/mol. The molecule has 22 heavy (non-hydrogen) atoms. The van der Waals surface area contributed by atoms with Gasteiger partial charge in [-0.2, -0.15) is 0 Å². The topological polar surface area (TPSA) is 59.8 Å². The average molecular weight is 312 g/mol. The zero-order valence-electron chi connectivity index (χ0n) is 12.4. The van der Waals surface area contributed by atoms with E-state index in [-0.39, 0.29) is 5.91 Å². The van der Waals surface area contributed by atoms with Gasteiger partial charge in [0, 0.05) is 12.7 Å². The number of aromatic nitrogens is 3. The Morgan fingerprint density at radius 2 is 2.09 bits per heavy atom. The quantitative estimate of drug-likeness (QED) is 0.750. The molecule has 3 aromatic rings. The summed E-state index contributed by atoms with van der Waals surface area (Å²) in [6.45, 7) is 2.76. The molecule has 1 N–H and O–H groups in total. The molecule has 0 aliphatic carbocycles. The monoisotopic (exact) mass is 312 g/mol. The first kappa shape index (κ1) is 14.6. The summed E-state index contributed by atoms with van der Waals surface area (Å²) in [7, 11) is 0. The van der Waals surface area contributed by atoms with E-state index < -0.39 is 0 Å². The highest BCUT2D eigenvalue weighted by Gasteiger charge is 2.16. The number of hydrogen-bond donors (Lipinski definition) is 1. The number of carbonyl (C=O) groups excluding carboxylic acids is 1. The number of nitrogens with one attached hydrogen (secondary N) is 1. The van der Waals surface area contributed by atoms with Gasteiger partial charge in [0.25, 0.3) is 5.91 Å². The van der Waals surface area contributed by atoms with E-state index in [1.54, 1.807) is 18.3 Å². The van der Waals surface area contributed by atoms with Crippen LogP contribution in [-0.2, 0) is 6.54 Å². The van der Waals surface area contributed by atoms with Gasteiger partial charge in [-0.05, 0) is 37.4 Å². The van der Waals surface area contributed by atoms with Crippen LogP contribution in [0.15, 0.2) is 47.6 Å². The highest BCUT2D eigenvalue weighted by molar-refractivity contribution is 7.98. The van der Waals surface area contributed by atoms with Crippen LogP contribution in [0.3, 0.4) is 0 Å². The Balaban J connectivity index is 1.97. The minimum absolute atomic E-state index is 0.192. The number of fused-ring (bicyclic) bond motifs is 1. The molecular weight excluding hydrogens is 296 g/mol. The van der Waals surface area contributed by atoms with Crippen LogP contribution in [0.2, 0.25) is 0 Å². The molecule has 1 aromatic carbocycles. The summed E-state index contributed by atoms with van der Waals surface area (Å²) in [4.78, 5) is 21.2. The Hall–Kier alpha value is -2.34. The van der Waals surface area contributed by atoms with E-state index in [1.165, 1.54) is 11.8 Å². The van der Waals surface area contributed by atoms with Crippen LogP contribution >= 0.6 is 11.8 Å². The van der Waals surface area contributed by atoms with Crippen molar-refractivity contribution < 1.29 is 4.79 Å². The highest BCUT2D eigenvalue weighted by atomic mass is 32.2. The zero-order valence-corrected chi connectivity index (χ0v) is 13.2. The maximum absolute atomic E-state index is 12.5. The summed E-state index contributed by atoms with van der Waals surface area (Å²) < 4.78 is 1.99. The van der Waals surface area contributed by atoms with E-state index >= 15 is 0 Å². The van der Waals surface area contributed by atoms with Crippen molar-refractivity contribution in [1.29, 1.82) is 0 Å². The van der Waals surface area contributed by atoms with Crippen LogP contribution in [0, 0.1) is 0 Å². The Morgan fingerprint density at radius 1 is 1.27 bits per heavy atom. The van der Waals surface area contributed by atoms with Gasteiger partial charge in [-0.1, -0.05) is 12.1 Å². The van der Waals surface area contributed by atoms with Gasteiger partial charge in [0.05, 0.1) is 16.6 Å². The van der Waals surface area contributed by atoms with Gasteiger partial charge in [0.2, 0.25) is 5.95 Å². The molecule has 2 aromatic heterocycles. The molecule has 0 saturated carbocycles. The summed E-state index contributed by atoms with van der Waals surface area (Å²) in [6.07, 6.45) is 3.59. The van der Waals surface area contributed by atoms with Crippen molar-refractivity contribution in [2.75, 3.05) is 11.6 Å². The molecule has 3 rings (SSSR count). The Kier molecular flexibility index (Phi) is 4.11. The van der Waals surface area contributed by atoms with Gasteiger partial charge in [0.15, 0.2) is 0 Å². The molecule has 0 spiro atoms. The summed E-state index contributed by atoms with van der Waals surface area (Å²) in [5, 5.41) is 3.61. The molecule has 0 bridgehead atoms. The Morgan fingerprint density at radius 3 is 2.86 bits per heavy atom. The largest absolute Gasteiger partial charge is 0.310 e. The summed E-state index contributed by atoms with van der Waals surface area (Å²) >= 11 is 1.45. The van der Waals surface area contributed by atoms with Crippen molar-refractivity contribution in [2.45, 2.75) is 18.5 Å². The molecule has 0 unspecified atom stereocenters. The molecule has 6 heteroatoms. The third-order valence-corrected chi connectivity index (χ3v) is 4.12. The fourth-order valence-electron chi connectivity index (χ4n) is 2.39. The van der Waals surface area contributed by atoms with Gasteiger partial charge >= 0.3 is 0 Å². The molecule has 0 fully saturated rings. The molecule has 0 aliphatic rings. The molecule has 5 nitrogen and oxygen atoms in total. The molecule has 0 radical (unpaired) electrons. The maximum Gasteiger partial charge on any atom is 0.260 e. The molecule has 112 valence electrons. The van der Waals surface area contributed by atoms with E-state index in [4.69, 9.17) is 0 Å². The third kappa shape index (κ3) is 2.57. The van der Waals surface area contributed by atoms with Gasteiger partial charge in [0.1, 0.15) is 5.03 Å². The van der Waals surface area contributed by atoms with Crippen molar-refractivity contribution in [1.82, 2.24) is 14.5 Å². The van der Waals surface area contributed by atoms with Crippen LogP contribution in [0.4, 0.5) is 5.95 Å². The fourth-order valence-corrected chi connectivity index (χ4v) is 2.93. The number of para-hydroxylation sites is 2. The van der Waals surface area contributed by atoms with Crippen molar-refractivity contribution in [3.05, 3.63) is 48.2 Å². The maximum atomic E-state index is 12.5. The highest BCUT2D eigenvalue weighted by Crippen LogP contribution is 2.22. The normalized spacial score (nSPS) is 10.8. The zero-order chi connectivity index (χ0) is 15.5. The lowest BCUT2D eigenvalue weighted by Gasteiger charge is -2.09. The number of carbonyl (C=O) groups is 1. The van der Waals surface area contributed by atoms with Gasteiger partial charge in [-0.3, -0.25) is 10.1 Å². The van der Waals surface area contributed by atoms with Crippen molar-refractivity contribution >= 4 is 34.7 Å². The minimum atomic E-state index is -0.192. The first-order valence-corrected chi connectivity index (χ1v) is 8.22. The van der Waals surface area contributed by atoms with E-state index in [0.29, 0.717) is 16.5 Å². The minimum Gasteiger partial charge on any atom is -0.310 e. The lowest BCUT2D eigenvalue weighted by molar-refractivity contribution is 0.102. The first-order chi connectivity index (χ1) is 10.7. The standard InChI is InChI=1S/C16H16N4OS/c1-3-20-13-9-5-4-8-12(13)18-16(20)19-14(21)11-7-6-10-17-15(11)22-2/h4-10H,3H2,1-2H3,(H,18,19,21). The van der Waals surface area contributed by atoms with Crippen LogP contribution in [0.1, 0.15) is 17.3 Å². The van der Waals surface area contributed by atoms with Crippen LogP contribution < -0.4 is 5.32 Å². The molecule has 0 atom stereocenters. The lowest BCUT2D eigenvalue weighted by atomic mass is 10.3. The van der Waals surface area contributed by atoms with E-state index in [0.717, 1.165) is 17.6 Å². The second-order valence-electron chi connectivity index (χ2n) is 4.68. The van der Waals surface area contributed by atoms with E-state index in [2.05, 4.69) is 15.3 Å². The summed E-state index contributed by atoms with van der Waals surface area (Å²) in [5.74, 6) is 0.368. The molecule has 0 saturated heterocycles. The number of pyridine rings is 1. The van der Waals surface area contributed by atoms with Crippen molar-refractivity contribution in [3.8, 4) is 0 Å². The second-order valence-corrected chi connectivity index (χ2v) is 5.48. The number of amides is 1. The number of rotatable bonds is 4. The Bertz CT molecular complexity index is 828. The Labute approximate surface area is 132 Å². The smallest absolute Gasteiger partial charge is 0.260 e. The fraction of sp³-hybridized carbons (Fsp3) is 0.188. The number of thioether (sulfide) groups is 1. The lowest BCUT2D eigenvalue weighted by Crippen LogP contribution is -2.17. The molecular formula is C16H16N4OS. The van der Waals surface area contributed by atoms with Crippen LogP contribution in [0.25, 0.3) is 11.0 Å². The third-order valence-electron chi connectivity index (χ3n) is 3.41. The van der Waals surface area contributed by atoms with Gasteiger partial charge in [-0.25, -0.2) is 9.97 Å². The van der Waals surface area contributed by atoms with E-state index in [1.807, 2.05) is 42.0 Å². The summed E-state index contributed by atoms with van der Waals surface area (Å²) in [5.41, 5.74) is 2.44. The van der Waals surface area contributed by atoms with Gasteiger partial charge in [-0.15, -0.1) is 11.8 Å². The number of imidazole rings is 1. The molecule has 2 heterocycles. The van der Waals surface area contributed by atoms with Crippen molar-refractivity contribution in [3.63, 3.8) is 0 Å². The number of benzene rings is 1. The average Bonchev–Trinajstić information content (AvgIpc) is 2.91. The second kappa shape index (κ2) is 6.19. The molecule has 1 amide bonds. The number of nitrogens with zero attached hydrogens (tertiary/aromatic N) is 3. The van der Waals surface area contributed by atoms with Crippen molar-refractivity contribution in [2.24, 2.45) is 0 Å².